The highest BCUT2D eigenvalue weighted by molar-refractivity contribution is 5.43. The Morgan fingerprint density at radius 1 is 1.25 bits per heavy atom. The lowest BCUT2D eigenvalue weighted by atomic mass is 10.2. The monoisotopic (exact) mass is 276 g/mol. The van der Waals surface area contributed by atoms with Gasteiger partial charge in [-0.25, -0.2) is 0 Å². The molecule has 0 aliphatic rings. The van der Waals surface area contributed by atoms with E-state index in [0.717, 1.165) is 24.3 Å². The van der Waals surface area contributed by atoms with Crippen LogP contribution in [-0.2, 0) is 13.2 Å². The lowest BCUT2D eigenvalue weighted by Crippen LogP contribution is -2.11. The van der Waals surface area contributed by atoms with Gasteiger partial charge in [0, 0.05) is 12.6 Å². The van der Waals surface area contributed by atoms with Crippen LogP contribution in [0.25, 0.3) is 0 Å². The molecule has 1 aromatic carbocycles. The summed E-state index contributed by atoms with van der Waals surface area (Å²) in [5, 5.41) is 7.11. The van der Waals surface area contributed by atoms with Gasteiger partial charge in [-0.15, -0.1) is 0 Å². The maximum absolute atomic E-state index is 5.76. The average molecular weight is 276 g/mol. The van der Waals surface area contributed by atoms with Gasteiger partial charge in [0.15, 0.2) is 17.3 Å². The van der Waals surface area contributed by atoms with Crippen molar-refractivity contribution >= 4 is 0 Å². The second-order valence-corrected chi connectivity index (χ2v) is 4.49. The summed E-state index contributed by atoms with van der Waals surface area (Å²) in [6.45, 7) is 6.03. The number of nitrogens with zero attached hydrogens (tertiary/aromatic N) is 1. The molecule has 0 radical (unpaired) electrons. The molecule has 0 saturated carbocycles. The van der Waals surface area contributed by atoms with Crippen LogP contribution >= 0.6 is 0 Å². The first kappa shape index (κ1) is 14.4. The van der Waals surface area contributed by atoms with Gasteiger partial charge in [-0.05, 0) is 31.2 Å². The molecule has 5 nitrogen and oxygen atoms in total. The first-order valence-corrected chi connectivity index (χ1v) is 6.65. The third-order valence-electron chi connectivity index (χ3n) is 2.85. The molecule has 0 aliphatic carbocycles. The van der Waals surface area contributed by atoms with Crippen molar-refractivity contribution in [2.24, 2.45) is 0 Å². The van der Waals surface area contributed by atoms with Gasteiger partial charge < -0.3 is 19.3 Å². The van der Waals surface area contributed by atoms with Gasteiger partial charge in [0.25, 0.3) is 0 Å². The van der Waals surface area contributed by atoms with E-state index in [-0.39, 0.29) is 0 Å². The number of hydrogen-bond acceptors (Lipinski definition) is 5. The average Bonchev–Trinajstić information content (AvgIpc) is 2.88. The second kappa shape index (κ2) is 6.96. The summed E-state index contributed by atoms with van der Waals surface area (Å²) in [5.41, 5.74) is 1.99. The van der Waals surface area contributed by atoms with E-state index in [1.807, 2.05) is 31.2 Å². The maximum Gasteiger partial charge on any atom is 0.174 e. The van der Waals surface area contributed by atoms with Crippen LogP contribution in [0.4, 0.5) is 0 Å². The van der Waals surface area contributed by atoms with Gasteiger partial charge in [-0.2, -0.15) is 0 Å². The van der Waals surface area contributed by atoms with Crippen molar-refractivity contribution in [1.82, 2.24) is 10.5 Å². The van der Waals surface area contributed by atoms with Crippen LogP contribution in [-0.4, -0.2) is 18.8 Å². The van der Waals surface area contributed by atoms with Crippen LogP contribution < -0.4 is 14.8 Å². The molecule has 0 saturated heterocycles. The second-order valence-electron chi connectivity index (χ2n) is 4.49. The van der Waals surface area contributed by atoms with Crippen molar-refractivity contribution in [1.29, 1.82) is 0 Å². The predicted molar refractivity (Wildman–Crippen MR) is 75.9 cm³/mol. The molecule has 1 heterocycles. The van der Waals surface area contributed by atoms with Crippen LogP contribution in [0.2, 0.25) is 0 Å². The summed E-state index contributed by atoms with van der Waals surface area (Å²) in [5.74, 6) is 2.11. The smallest absolute Gasteiger partial charge is 0.174 e. The molecule has 0 fully saturated rings. The zero-order valence-corrected chi connectivity index (χ0v) is 12.1. The molecule has 1 N–H and O–H groups in total. The number of aryl methyl sites for hydroxylation is 1. The Hall–Kier alpha value is -2.01. The van der Waals surface area contributed by atoms with E-state index in [0.29, 0.717) is 23.9 Å². The van der Waals surface area contributed by atoms with E-state index in [1.54, 1.807) is 7.11 Å². The van der Waals surface area contributed by atoms with E-state index in [1.165, 1.54) is 0 Å². The van der Waals surface area contributed by atoms with Crippen LogP contribution in [0.3, 0.4) is 0 Å². The minimum Gasteiger partial charge on any atom is -0.493 e. The summed E-state index contributed by atoms with van der Waals surface area (Å²) in [6, 6.07) is 7.76. The molecule has 0 bridgehead atoms. The van der Waals surface area contributed by atoms with Crippen molar-refractivity contribution < 1.29 is 14.0 Å². The third kappa shape index (κ3) is 3.74. The van der Waals surface area contributed by atoms with Gasteiger partial charge in [0.1, 0.15) is 6.61 Å². The summed E-state index contributed by atoms with van der Waals surface area (Å²) in [4.78, 5) is 0. The molecule has 0 aliphatic heterocycles. The molecule has 20 heavy (non-hydrogen) atoms. The van der Waals surface area contributed by atoms with Crippen molar-refractivity contribution in [2.75, 3.05) is 13.7 Å². The van der Waals surface area contributed by atoms with E-state index in [4.69, 9.17) is 14.0 Å². The van der Waals surface area contributed by atoms with E-state index in [9.17, 15) is 0 Å². The Kier molecular flexibility index (Phi) is 5.01. The summed E-state index contributed by atoms with van der Waals surface area (Å²) < 4.78 is 16.2. The van der Waals surface area contributed by atoms with E-state index in [2.05, 4.69) is 17.4 Å². The molecular formula is C15H20N2O3. The fraction of sp³-hybridized carbons (Fsp3) is 0.400. The van der Waals surface area contributed by atoms with Gasteiger partial charge in [-0.1, -0.05) is 18.1 Å². The van der Waals surface area contributed by atoms with Gasteiger partial charge in [0.05, 0.1) is 12.8 Å². The molecule has 0 amide bonds. The number of benzene rings is 1. The molecule has 1 aromatic heterocycles. The normalized spacial score (nSPS) is 10.6. The number of hydrogen-bond donors (Lipinski definition) is 1. The minimum absolute atomic E-state index is 0.335. The topological polar surface area (TPSA) is 56.5 Å². The molecule has 2 aromatic rings. The standard InChI is InChI=1S/C15H20N2O3/c1-4-16-9-12-5-6-14(18-3)15(8-12)19-10-13-7-11(2)17-20-13/h5-8,16H,4,9-10H2,1-3H3. The Morgan fingerprint density at radius 3 is 2.75 bits per heavy atom. The van der Waals surface area contributed by atoms with E-state index >= 15 is 0 Å². The summed E-state index contributed by atoms with van der Waals surface area (Å²) in [7, 11) is 1.63. The fourth-order valence-electron chi connectivity index (χ4n) is 1.85. The van der Waals surface area contributed by atoms with Crippen molar-refractivity contribution in [2.45, 2.75) is 27.0 Å². The summed E-state index contributed by atoms with van der Waals surface area (Å²) in [6.07, 6.45) is 0. The lowest BCUT2D eigenvalue weighted by molar-refractivity contribution is 0.238. The van der Waals surface area contributed by atoms with Crippen molar-refractivity contribution in [3.63, 3.8) is 0 Å². The molecule has 0 atom stereocenters. The largest absolute Gasteiger partial charge is 0.493 e. The lowest BCUT2D eigenvalue weighted by Gasteiger charge is -2.11. The molecule has 2 rings (SSSR count). The Bertz CT molecular complexity index is 552. The Balaban J connectivity index is 2.07. The number of rotatable bonds is 7. The molecular weight excluding hydrogens is 256 g/mol. The Morgan fingerprint density at radius 2 is 2.10 bits per heavy atom. The molecule has 0 spiro atoms. The van der Waals surface area contributed by atoms with Crippen molar-refractivity contribution in [3.05, 3.63) is 41.3 Å². The third-order valence-corrected chi connectivity index (χ3v) is 2.85. The van der Waals surface area contributed by atoms with E-state index < -0.39 is 0 Å². The van der Waals surface area contributed by atoms with Crippen LogP contribution in [0.15, 0.2) is 28.8 Å². The number of ether oxygens (including phenoxy) is 2. The highest BCUT2D eigenvalue weighted by Crippen LogP contribution is 2.28. The van der Waals surface area contributed by atoms with Crippen LogP contribution in [0.1, 0.15) is 23.9 Å². The number of nitrogens with one attached hydrogen (secondary N) is 1. The zero-order chi connectivity index (χ0) is 14.4. The zero-order valence-electron chi connectivity index (χ0n) is 12.1. The highest BCUT2D eigenvalue weighted by atomic mass is 16.5. The molecule has 108 valence electrons. The SMILES string of the molecule is CCNCc1ccc(OC)c(OCc2cc(C)no2)c1. The highest BCUT2D eigenvalue weighted by Gasteiger charge is 2.08. The maximum atomic E-state index is 5.76. The predicted octanol–water partition coefficient (Wildman–Crippen LogP) is 2.68. The first-order chi connectivity index (χ1) is 9.72. The van der Waals surface area contributed by atoms with Gasteiger partial charge in [0.2, 0.25) is 0 Å². The van der Waals surface area contributed by atoms with Crippen LogP contribution in [0, 0.1) is 6.92 Å². The van der Waals surface area contributed by atoms with Gasteiger partial charge in [-0.3, -0.25) is 0 Å². The number of methoxy groups -OCH3 is 1. The van der Waals surface area contributed by atoms with Crippen molar-refractivity contribution in [3.8, 4) is 11.5 Å². The Labute approximate surface area is 118 Å². The molecule has 0 unspecified atom stereocenters. The fourth-order valence-corrected chi connectivity index (χ4v) is 1.85. The summed E-state index contributed by atoms with van der Waals surface area (Å²) >= 11 is 0. The molecule has 5 heteroatoms. The quantitative estimate of drug-likeness (QED) is 0.842. The van der Waals surface area contributed by atoms with Crippen LogP contribution in [0.5, 0.6) is 11.5 Å². The van der Waals surface area contributed by atoms with Gasteiger partial charge >= 0.3 is 0 Å². The first-order valence-electron chi connectivity index (χ1n) is 6.65. The minimum atomic E-state index is 0.335. The number of aromatic nitrogens is 1.